The summed E-state index contributed by atoms with van der Waals surface area (Å²) in [6.07, 6.45) is 3.17. The molecule has 2 aromatic rings. The van der Waals surface area contributed by atoms with Crippen LogP contribution in [0.25, 0.3) is 0 Å². The lowest BCUT2D eigenvalue weighted by atomic mass is 10.0. The molecule has 2 nitrogen and oxygen atoms in total. The SMILES string of the molecule is NC(c1ccc(F)cc1)c1ccncc1Cl. The number of pyridine rings is 1. The quantitative estimate of drug-likeness (QED) is 0.871. The molecule has 2 rings (SSSR count). The maximum atomic E-state index is 12.8. The summed E-state index contributed by atoms with van der Waals surface area (Å²) in [4.78, 5) is 3.89. The number of hydrogen-bond acceptors (Lipinski definition) is 2. The second-order valence-electron chi connectivity index (χ2n) is 3.43. The first-order chi connectivity index (χ1) is 7.68. The third-order valence-electron chi connectivity index (χ3n) is 2.37. The van der Waals surface area contributed by atoms with Crippen molar-refractivity contribution in [1.82, 2.24) is 4.98 Å². The van der Waals surface area contributed by atoms with Gasteiger partial charge in [-0.15, -0.1) is 0 Å². The van der Waals surface area contributed by atoms with Crippen molar-refractivity contribution >= 4 is 11.6 Å². The minimum atomic E-state index is -0.365. The van der Waals surface area contributed by atoms with Gasteiger partial charge in [-0.2, -0.15) is 0 Å². The maximum Gasteiger partial charge on any atom is 0.123 e. The molecule has 82 valence electrons. The summed E-state index contributed by atoms with van der Waals surface area (Å²) in [5, 5.41) is 0.513. The average molecular weight is 237 g/mol. The van der Waals surface area contributed by atoms with Gasteiger partial charge in [0.1, 0.15) is 5.82 Å². The van der Waals surface area contributed by atoms with Crippen LogP contribution >= 0.6 is 11.6 Å². The molecule has 0 fully saturated rings. The third-order valence-corrected chi connectivity index (χ3v) is 2.68. The van der Waals surface area contributed by atoms with Crippen molar-refractivity contribution in [3.8, 4) is 0 Å². The van der Waals surface area contributed by atoms with E-state index in [0.717, 1.165) is 11.1 Å². The predicted octanol–water partition coefficient (Wildman–Crippen LogP) is 2.92. The fraction of sp³-hybridized carbons (Fsp3) is 0.0833. The smallest absolute Gasteiger partial charge is 0.123 e. The maximum absolute atomic E-state index is 12.8. The fourth-order valence-corrected chi connectivity index (χ4v) is 1.72. The Labute approximate surface area is 97.9 Å². The second-order valence-corrected chi connectivity index (χ2v) is 3.83. The van der Waals surface area contributed by atoms with E-state index in [9.17, 15) is 4.39 Å². The summed E-state index contributed by atoms with van der Waals surface area (Å²) in [5.74, 6) is -0.281. The van der Waals surface area contributed by atoms with E-state index in [-0.39, 0.29) is 11.9 Å². The van der Waals surface area contributed by atoms with Gasteiger partial charge >= 0.3 is 0 Å². The zero-order valence-electron chi connectivity index (χ0n) is 8.40. The lowest BCUT2D eigenvalue weighted by Gasteiger charge is -2.13. The Balaban J connectivity index is 2.35. The molecule has 0 aliphatic carbocycles. The Kier molecular flexibility index (Phi) is 3.17. The number of benzene rings is 1. The molecule has 0 aliphatic heterocycles. The van der Waals surface area contributed by atoms with Gasteiger partial charge in [0, 0.05) is 12.4 Å². The van der Waals surface area contributed by atoms with Crippen LogP contribution in [0.1, 0.15) is 17.2 Å². The predicted molar refractivity (Wildman–Crippen MR) is 61.7 cm³/mol. The van der Waals surface area contributed by atoms with E-state index in [1.165, 1.54) is 12.1 Å². The zero-order chi connectivity index (χ0) is 11.5. The van der Waals surface area contributed by atoms with Gasteiger partial charge in [0.25, 0.3) is 0 Å². The molecule has 2 N–H and O–H groups in total. The standard InChI is InChI=1S/C12H10ClFN2/c13-11-7-16-6-5-10(11)12(15)8-1-3-9(14)4-2-8/h1-7,12H,15H2. The van der Waals surface area contributed by atoms with Gasteiger partial charge in [-0.25, -0.2) is 4.39 Å². The summed E-state index contributed by atoms with van der Waals surface area (Å²) in [7, 11) is 0. The van der Waals surface area contributed by atoms with Gasteiger partial charge in [0.05, 0.1) is 11.1 Å². The van der Waals surface area contributed by atoms with Crippen molar-refractivity contribution in [2.75, 3.05) is 0 Å². The first-order valence-corrected chi connectivity index (χ1v) is 5.17. The Morgan fingerprint density at radius 2 is 1.88 bits per heavy atom. The van der Waals surface area contributed by atoms with E-state index < -0.39 is 0 Å². The van der Waals surface area contributed by atoms with Crippen LogP contribution in [0.5, 0.6) is 0 Å². The van der Waals surface area contributed by atoms with Crippen LogP contribution in [0.4, 0.5) is 4.39 Å². The van der Waals surface area contributed by atoms with Gasteiger partial charge in [0.15, 0.2) is 0 Å². The molecule has 0 saturated heterocycles. The molecule has 16 heavy (non-hydrogen) atoms. The number of nitrogens with two attached hydrogens (primary N) is 1. The normalized spacial score (nSPS) is 12.4. The van der Waals surface area contributed by atoms with Crippen molar-refractivity contribution in [1.29, 1.82) is 0 Å². The van der Waals surface area contributed by atoms with Crippen LogP contribution in [-0.2, 0) is 0 Å². The molecule has 0 spiro atoms. The first kappa shape index (κ1) is 11.0. The highest BCUT2D eigenvalue weighted by molar-refractivity contribution is 6.31. The van der Waals surface area contributed by atoms with Gasteiger partial charge in [-0.1, -0.05) is 23.7 Å². The highest BCUT2D eigenvalue weighted by Crippen LogP contribution is 2.25. The lowest BCUT2D eigenvalue weighted by molar-refractivity contribution is 0.626. The highest BCUT2D eigenvalue weighted by Gasteiger charge is 2.11. The van der Waals surface area contributed by atoms with E-state index >= 15 is 0 Å². The van der Waals surface area contributed by atoms with Crippen LogP contribution in [0.3, 0.4) is 0 Å². The number of hydrogen-bond donors (Lipinski definition) is 1. The van der Waals surface area contributed by atoms with E-state index in [1.807, 2.05) is 0 Å². The van der Waals surface area contributed by atoms with Crippen molar-refractivity contribution in [3.05, 3.63) is 64.7 Å². The van der Waals surface area contributed by atoms with Gasteiger partial charge in [-0.3, -0.25) is 4.98 Å². The molecule has 1 aromatic heterocycles. The monoisotopic (exact) mass is 236 g/mol. The minimum Gasteiger partial charge on any atom is -0.320 e. The molecule has 1 atom stereocenters. The van der Waals surface area contributed by atoms with Gasteiger partial charge in [-0.05, 0) is 29.3 Å². The molecule has 0 amide bonds. The Hall–Kier alpha value is -1.45. The number of aromatic nitrogens is 1. The Bertz CT molecular complexity index is 485. The molecule has 0 saturated carbocycles. The number of rotatable bonds is 2. The molecule has 1 aromatic carbocycles. The highest BCUT2D eigenvalue weighted by atomic mass is 35.5. The molecule has 1 unspecified atom stereocenters. The second kappa shape index (κ2) is 4.60. The molecular formula is C12H10ClFN2. The molecule has 4 heteroatoms. The first-order valence-electron chi connectivity index (χ1n) is 4.79. The summed E-state index contributed by atoms with van der Waals surface area (Å²) >= 11 is 5.98. The fourth-order valence-electron chi connectivity index (χ4n) is 1.49. The van der Waals surface area contributed by atoms with Crippen LogP contribution in [0.2, 0.25) is 5.02 Å². The van der Waals surface area contributed by atoms with Crippen molar-refractivity contribution in [2.45, 2.75) is 6.04 Å². The Morgan fingerprint density at radius 3 is 2.50 bits per heavy atom. The Morgan fingerprint density at radius 1 is 1.19 bits per heavy atom. The average Bonchev–Trinajstić information content (AvgIpc) is 2.30. The van der Waals surface area contributed by atoms with E-state index in [1.54, 1.807) is 30.6 Å². The van der Waals surface area contributed by atoms with E-state index in [4.69, 9.17) is 17.3 Å². The molecule has 0 aliphatic rings. The number of nitrogens with zero attached hydrogens (tertiary/aromatic N) is 1. The van der Waals surface area contributed by atoms with E-state index in [2.05, 4.69) is 4.98 Å². The zero-order valence-corrected chi connectivity index (χ0v) is 9.16. The summed E-state index contributed by atoms with van der Waals surface area (Å²) in [5.41, 5.74) is 7.63. The van der Waals surface area contributed by atoms with Gasteiger partial charge in [0.2, 0.25) is 0 Å². The van der Waals surface area contributed by atoms with Crippen LogP contribution in [0, 0.1) is 5.82 Å². The number of halogens is 2. The summed E-state index contributed by atoms with van der Waals surface area (Å²) < 4.78 is 12.8. The van der Waals surface area contributed by atoms with E-state index in [0.29, 0.717) is 5.02 Å². The summed E-state index contributed by atoms with van der Waals surface area (Å²) in [6.45, 7) is 0. The molecule has 1 heterocycles. The van der Waals surface area contributed by atoms with Crippen LogP contribution in [-0.4, -0.2) is 4.98 Å². The largest absolute Gasteiger partial charge is 0.320 e. The van der Waals surface area contributed by atoms with Crippen molar-refractivity contribution < 1.29 is 4.39 Å². The summed E-state index contributed by atoms with van der Waals surface area (Å²) in [6, 6.07) is 7.45. The molecular weight excluding hydrogens is 227 g/mol. The third kappa shape index (κ3) is 2.21. The molecule has 0 bridgehead atoms. The molecule has 0 radical (unpaired) electrons. The lowest BCUT2D eigenvalue weighted by Crippen LogP contribution is -2.12. The van der Waals surface area contributed by atoms with Crippen LogP contribution in [0.15, 0.2) is 42.7 Å². The van der Waals surface area contributed by atoms with Crippen molar-refractivity contribution in [2.24, 2.45) is 5.73 Å². The minimum absolute atomic E-state index is 0.281. The van der Waals surface area contributed by atoms with Crippen molar-refractivity contribution in [3.63, 3.8) is 0 Å². The van der Waals surface area contributed by atoms with Gasteiger partial charge < -0.3 is 5.73 Å². The topological polar surface area (TPSA) is 38.9 Å². The van der Waals surface area contributed by atoms with Crippen LogP contribution < -0.4 is 5.73 Å².